The second kappa shape index (κ2) is 8.19. The Bertz CT molecular complexity index is 1010. The molecule has 1 amide bonds. The van der Waals surface area contributed by atoms with Crippen LogP contribution in [-0.4, -0.2) is 37.1 Å². The van der Waals surface area contributed by atoms with Crippen molar-refractivity contribution in [3.05, 3.63) is 28.3 Å². The smallest absolute Gasteiger partial charge is 0.355 e. The summed E-state index contributed by atoms with van der Waals surface area (Å²) in [6.07, 6.45) is 7.21. The van der Waals surface area contributed by atoms with Gasteiger partial charge in [-0.3, -0.25) is 14.9 Å². The molecule has 12 heteroatoms. The number of hydrogen-bond acceptors (Lipinski definition) is 6. The highest BCUT2D eigenvalue weighted by atomic mass is 32.2. The maximum Gasteiger partial charge on any atom is 0.501 e. The SMILES string of the molecule is O=C(CSc1ccc(S(=O)(=O)C(F)(F)F)cc1[N+](=O)[O-])NCC12CC3CC(CC(C3)C1)C2. The molecule has 4 aliphatic rings. The van der Waals surface area contributed by atoms with Gasteiger partial charge in [0.15, 0.2) is 0 Å². The van der Waals surface area contributed by atoms with Crippen molar-refractivity contribution in [3.63, 3.8) is 0 Å². The molecule has 0 aliphatic heterocycles. The summed E-state index contributed by atoms with van der Waals surface area (Å²) in [7, 11) is -5.70. The molecular weight excluding hydrogens is 469 g/mol. The number of benzene rings is 1. The lowest BCUT2D eigenvalue weighted by Crippen LogP contribution is -2.51. The van der Waals surface area contributed by atoms with Crippen LogP contribution in [0.15, 0.2) is 28.0 Å². The first-order chi connectivity index (χ1) is 14.9. The second-order valence-corrected chi connectivity index (χ2v) is 12.3. The van der Waals surface area contributed by atoms with Crippen LogP contribution in [-0.2, 0) is 14.6 Å². The van der Waals surface area contributed by atoms with Crippen LogP contribution in [0.3, 0.4) is 0 Å². The third-order valence-corrected chi connectivity index (χ3v) is 9.47. The highest BCUT2D eigenvalue weighted by Crippen LogP contribution is 2.59. The summed E-state index contributed by atoms with van der Waals surface area (Å²) >= 11 is 0.798. The van der Waals surface area contributed by atoms with Gasteiger partial charge < -0.3 is 5.32 Å². The van der Waals surface area contributed by atoms with Gasteiger partial charge >= 0.3 is 5.51 Å². The van der Waals surface area contributed by atoms with Crippen molar-refractivity contribution in [2.24, 2.45) is 23.2 Å². The number of halogens is 3. The first kappa shape index (κ1) is 23.3. The fraction of sp³-hybridized carbons (Fsp3) is 0.650. The molecule has 32 heavy (non-hydrogen) atoms. The Morgan fingerprint density at radius 2 is 1.72 bits per heavy atom. The van der Waals surface area contributed by atoms with Gasteiger partial charge in [-0.15, -0.1) is 11.8 Å². The van der Waals surface area contributed by atoms with Gasteiger partial charge in [-0.05, 0) is 73.8 Å². The van der Waals surface area contributed by atoms with Crippen molar-refractivity contribution >= 4 is 33.2 Å². The lowest BCUT2D eigenvalue weighted by molar-refractivity contribution is -0.388. The third kappa shape index (κ3) is 4.48. The Kier molecular flexibility index (Phi) is 5.98. The predicted octanol–water partition coefficient (Wildman–Crippen LogP) is 4.31. The van der Waals surface area contributed by atoms with E-state index < -0.39 is 30.9 Å². The Morgan fingerprint density at radius 1 is 1.16 bits per heavy atom. The molecule has 0 heterocycles. The Labute approximate surface area is 187 Å². The van der Waals surface area contributed by atoms with Crippen LogP contribution in [0.2, 0.25) is 0 Å². The molecule has 4 bridgehead atoms. The van der Waals surface area contributed by atoms with Crippen molar-refractivity contribution < 1.29 is 31.3 Å². The largest absolute Gasteiger partial charge is 0.501 e. The Hall–Kier alpha value is -1.82. The van der Waals surface area contributed by atoms with Crippen molar-refractivity contribution in [2.75, 3.05) is 12.3 Å². The maximum atomic E-state index is 12.7. The van der Waals surface area contributed by atoms with Crippen LogP contribution in [0, 0.1) is 33.3 Å². The molecule has 0 unspecified atom stereocenters. The summed E-state index contributed by atoms with van der Waals surface area (Å²) in [5.74, 6) is 1.75. The first-order valence-electron chi connectivity index (χ1n) is 10.4. The van der Waals surface area contributed by atoms with E-state index >= 15 is 0 Å². The van der Waals surface area contributed by atoms with Crippen LogP contribution in [0.5, 0.6) is 0 Å². The van der Waals surface area contributed by atoms with Gasteiger partial charge in [0, 0.05) is 12.6 Å². The minimum absolute atomic E-state index is 0.0684. The molecule has 4 saturated carbocycles. The summed E-state index contributed by atoms with van der Waals surface area (Å²) in [5.41, 5.74) is -6.21. The average molecular weight is 493 g/mol. The van der Waals surface area contributed by atoms with E-state index in [0.29, 0.717) is 18.7 Å². The molecule has 1 aromatic carbocycles. The van der Waals surface area contributed by atoms with E-state index in [4.69, 9.17) is 0 Å². The van der Waals surface area contributed by atoms with Crippen LogP contribution in [0.1, 0.15) is 38.5 Å². The number of amides is 1. The van der Waals surface area contributed by atoms with Gasteiger partial charge in [0.1, 0.15) is 0 Å². The zero-order chi connectivity index (χ0) is 23.3. The van der Waals surface area contributed by atoms with Crippen LogP contribution < -0.4 is 5.32 Å². The minimum Gasteiger partial charge on any atom is -0.355 e. The van der Waals surface area contributed by atoms with Crippen molar-refractivity contribution in [3.8, 4) is 0 Å². The molecule has 0 aromatic heterocycles. The number of rotatable bonds is 7. The first-order valence-corrected chi connectivity index (χ1v) is 12.8. The van der Waals surface area contributed by atoms with E-state index in [1.54, 1.807) is 0 Å². The molecular formula is C20H23F3N2O5S2. The lowest BCUT2D eigenvalue weighted by Gasteiger charge is -2.56. The van der Waals surface area contributed by atoms with E-state index in [1.165, 1.54) is 19.3 Å². The van der Waals surface area contributed by atoms with Crippen molar-refractivity contribution in [2.45, 2.75) is 53.8 Å². The molecule has 4 fully saturated rings. The van der Waals surface area contributed by atoms with Gasteiger partial charge in [-0.2, -0.15) is 13.2 Å². The van der Waals surface area contributed by atoms with Crippen molar-refractivity contribution in [1.82, 2.24) is 5.32 Å². The molecule has 1 N–H and O–H groups in total. The average Bonchev–Trinajstić information content (AvgIpc) is 2.68. The fourth-order valence-corrected chi connectivity index (χ4v) is 7.67. The molecule has 176 valence electrons. The van der Waals surface area contributed by atoms with Gasteiger partial charge in [0.2, 0.25) is 5.91 Å². The molecule has 0 radical (unpaired) electrons. The lowest BCUT2D eigenvalue weighted by atomic mass is 9.49. The van der Waals surface area contributed by atoms with Crippen LogP contribution in [0.25, 0.3) is 0 Å². The van der Waals surface area contributed by atoms with Gasteiger partial charge in [0.25, 0.3) is 15.5 Å². The van der Waals surface area contributed by atoms with Crippen LogP contribution >= 0.6 is 11.8 Å². The minimum atomic E-state index is -5.70. The Morgan fingerprint density at radius 3 is 2.22 bits per heavy atom. The Balaban J connectivity index is 1.39. The molecule has 4 aliphatic carbocycles. The van der Waals surface area contributed by atoms with Gasteiger partial charge in [-0.25, -0.2) is 8.42 Å². The highest BCUT2D eigenvalue weighted by Gasteiger charge is 2.51. The van der Waals surface area contributed by atoms with Crippen LogP contribution in [0.4, 0.5) is 18.9 Å². The molecule has 1 aromatic rings. The third-order valence-electron chi connectivity index (χ3n) is 6.93. The monoisotopic (exact) mass is 492 g/mol. The summed E-state index contributed by atoms with van der Waals surface area (Å²) < 4.78 is 61.3. The van der Waals surface area contributed by atoms with Gasteiger partial charge in [-0.1, -0.05) is 0 Å². The molecule has 5 rings (SSSR count). The number of nitro groups is 1. The summed E-state index contributed by atoms with van der Waals surface area (Å²) in [6.45, 7) is 0.570. The maximum absolute atomic E-state index is 12.7. The molecule has 0 spiro atoms. The quantitative estimate of drug-likeness (QED) is 0.345. The number of nitrogens with one attached hydrogen (secondary N) is 1. The normalized spacial score (nSPS) is 29.2. The zero-order valence-corrected chi connectivity index (χ0v) is 18.7. The standard InChI is InChI=1S/C20H23F3N2O5S2/c21-20(22,23)32(29,30)15-1-2-17(16(6-15)25(27)28)31-10-18(26)24-11-19-7-12-3-13(8-19)5-14(4-12)9-19/h1-2,6,12-14H,3-5,7-11H2,(H,24,26). The van der Waals surface area contributed by atoms with E-state index in [0.717, 1.165) is 54.8 Å². The highest BCUT2D eigenvalue weighted by molar-refractivity contribution is 8.00. The molecule has 0 atom stereocenters. The summed E-state index contributed by atoms with van der Waals surface area (Å²) in [5, 5.41) is 14.2. The number of thioether (sulfide) groups is 1. The summed E-state index contributed by atoms with van der Waals surface area (Å²) in [6, 6.07) is 2.00. The van der Waals surface area contributed by atoms with Crippen molar-refractivity contribution in [1.29, 1.82) is 0 Å². The number of alkyl halides is 3. The van der Waals surface area contributed by atoms with E-state index in [2.05, 4.69) is 5.32 Å². The number of hydrogen-bond donors (Lipinski definition) is 1. The topological polar surface area (TPSA) is 106 Å². The second-order valence-electron chi connectivity index (χ2n) is 9.32. The number of carbonyl (C=O) groups is 1. The van der Waals surface area contributed by atoms with E-state index in [9.17, 15) is 36.5 Å². The predicted molar refractivity (Wildman–Crippen MR) is 111 cm³/mol. The fourth-order valence-electron chi connectivity index (χ4n) is 6.05. The molecule has 0 saturated heterocycles. The molecule has 7 nitrogen and oxygen atoms in total. The summed E-state index contributed by atoms with van der Waals surface area (Å²) in [4.78, 5) is 21.5. The van der Waals surface area contributed by atoms with E-state index in [-0.39, 0.29) is 22.0 Å². The van der Waals surface area contributed by atoms with Gasteiger partial charge in [0.05, 0.1) is 20.5 Å². The number of sulfone groups is 1. The number of nitro benzene ring substituents is 1. The number of nitrogens with zero attached hydrogens (tertiary/aromatic N) is 1. The number of carbonyl (C=O) groups excluding carboxylic acids is 1. The van der Waals surface area contributed by atoms with E-state index in [1.807, 2.05) is 0 Å². The zero-order valence-electron chi connectivity index (χ0n) is 17.1.